The van der Waals surface area contributed by atoms with Crippen LogP contribution in [0.25, 0.3) is 0 Å². The van der Waals surface area contributed by atoms with Crippen molar-refractivity contribution < 1.29 is 14.7 Å². The van der Waals surface area contributed by atoms with Crippen LogP contribution in [-0.2, 0) is 11.3 Å². The molecule has 0 spiro atoms. The van der Waals surface area contributed by atoms with Gasteiger partial charge < -0.3 is 15.7 Å². The molecule has 1 atom stereocenters. The van der Waals surface area contributed by atoms with Crippen molar-refractivity contribution in [2.75, 3.05) is 0 Å². The summed E-state index contributed by atoms with van der Waals surface area (Å²) in [6.45, 7) is 5.56. The summed E-state index contributed by atoms with van der Waals surface area (Å²) in [6, 6.07) is -1.44. The standard InChI is InChI=1S/C11H17N3O3S/c1-11(2,3)8(9(15)16)14-10(17)13-6-7-12-4-5-18-7/h4-5,8H,6H2,1-3H3,(H,15,16)(H2,13,14,17). The highest BCUT2D eigenvalue weighted by Gasteiger charge is 2.32. The molecule has 1 rings (SSSR count). The summed E-state index contributed by atoms with van der Waals surface area (Å²) in [5.74, 6) is -1.05. The molecule has 0 saturated carbocycles. The number of carbonyl (C=O) groups is 2. The van der Waals surface area contributed by atoms with Crippen molar-refractivity contribution in [2.45, 2.75) is 33.4 Å². The highest BCUT2D eigenvalue weighted by atomic mass is 32.1. The maximum atomic E-state index is 11.6. The molecule has 1 heterocycles. The molecule has 0 aliphatic heterocycles. The first kappa shape index (κ1) is 14.4. The zero-order valence-electron chi connectivity index (χ0n) is 10.6. The van der Waals surface area contributed by atoms with Gasteiger partial charge in [-0.3, -0.25) is 0 Å². The van der Waals surface area contributed by atoms with Gasteiger partial charge >= 0.3 is 12.0 Å². The number of carbonyl (C=O) groups excluding carboxylic acids is 1. The molecule has 1 aromatic heterocycles. The lowest BCUT2D eigenvalue weighted by Crippen LogP contribution is -2.52. The predicted molar refractivity (Wildman–Crippen MR) is 68.4 cm³/mol. The Morgan fingerprint density at radius 3 is 2.61 bits per heavy atom. The minimum atomic E-state index is -1.05. The van der Waals surface area contributed by atoms with Gasteiger partial charge in [0.1, 0.15) is 11.0 Å². The quantitative estimate of drug-likeness (QED) is 0.772. The number of nitrogens with one attached hydrogen (secondary N) is 2. The Bertz CT molecular complexity index is 412. The maximum absolute atomic E-state index is 11.6. The molecule has 6 nitrogen and oxygen atoms in total. The van der Waals surface area contributed by atoms with Gasteiger partial charge in [0.05, 0.1) is 6.54 Å². The number of nitrogens with zero attached hydrogens (tertiary/aromatic N) is 1. The van der Waals surface area contributed by atoms with Gasteiger partial charge in [-0.15, -0.1) is 11.3 Å². The highest BCUT2D eigenvalue weighted by molar-refractivity contribution is 7.09. The van der Waals surface area contributed by atoms with Gasteiger partial charge in [-0.05, 0) is 5.41 Å². The molecule has 18 heavy (non-hydrogen) atoms. The van der Waals surface area contributed by atoms with Crippen LogP contribution in [0.5, 0.6) is 0 Å². The molecular weight excluding hydrogens is 254 g/mol. The van der Waals surface area contributed by atoms with Crippen LogP contribution in [0.2, 0.25) is 0 Å². The topological polar surface area (TPSA) is 91.3 Å². The average Bonchev–Trinajstić information content (AvgIpc) is 2.73. The first-order valence-corrected chi connectivity index (χ1v) is 6.34. The van der Waals surface area contributed by atoms with Crippen LogP contribution in [0.4, 0.5) is 4.79 Å². The Balaban J connectivity index is 2.49. The van der Waals surface area contributed by atoms with Gasteiger partial charge in [-0.25, -0.2) is 14.6 Å². The second-order valence-electron chi connectivity index (χ2n) is 4.89. The van der Waals surface area contributed by atoms with Crippen molar-refractivity contribution in [1.29, 1.82) is 0 Å². The van der Waals surface area contributed by atoms with Gasteiger partial charge in [0.25, 0.3) is 0 Å². The Labute approximate surface area is 109 Å². The lowest BCUT2D eigenvalue weighted by atomic mass is 9.87. The van der Waals surface area contributed by atoms with E-state index in [1.54, 1.807) is 27.0 Å². The van der Waals surface area contributed by atoms with E-state index < -0.39 is 23.5 Å². The molecule has 0 radical (unpaired) electrons. The van der Waals surface area contributed by atoms with E-state index in [9.17, 15) is 9.59 Å². The van der Waals surface area contributed by atoms with Crippen LogP contribution >= 0.6 is 11.3 Å². The summed E-state index contributed by atoms with van der Waals surface area (Å²) in [6.07, 6.45) is 1.65. The molecule has 0 aromatic carbocycles. The third-order valence-electron chi connectivity index (χ3n) is 2.27. The van der Waals surface area contributed by atoms with E-state index in [1.165, 1.54) is 11.3 Å². The number of hydrogen-bond donors (Lipinski definition) is 3. The molecule has 0 bridgehead atoms. The van der Waals surface area contributed by atoms with Gasteiger partial charge in [-0.2, -0.15) is 0 Å². The fourth-order valence-electron chi connectivity index (χ4n) is 1.33. The zero-order valence-corrected chi connectivity index (χ0v) is 11.4. The van der Waals surface area contributed by atoms with E-state index in [1.807, 2.05) is 5.38 Å². The van der Waals surface area contributed by atoms with Crippen molar-refractivity contribution in [3.05, 3.63) is 16.6 Å². The number of aliphatic carboxylic acids is 1. The number of amides is 2. The molecule has 0 fully saturated rings. The molecule has 1 unspecified atom stereocenters. The van der Waals surface area contributed by atoms with Crippen LogP contribution in [0, 0.1) is 5.41 Å². The van der Waals surface area contributed by atoms with E-state index in [0.29, 0.717) is 6.54 Å². The van der Waals surface area contributed by atoms with E-state index in [4.69, 9.17) is 5.11 Å². The first-order chi connectivity index (χ1) is 8.30. The SMILES string of the molecule is CC(C)(C)C(NC(=O)NCc1nccs1)C(=O)O. The number of rotatable bonds is 4. The van der Waals surface area contributed by atoms with Crippen molar-refractivity contribution in [3.8, 4) is 0 Å². The second-order valence-corrected chi connectivity index (χ2v) is 5.87. The third kappa shape index (κ3) is 4.33. The summed E-state index contributed by atoms with van der Waals surface area (Å²) in [7, 11) is 0. The zero-order chi connectivity index (χ0) is 13.8. The normalized spacial score (nSPS) is 12.8. The minimum Gasteiger partial charge on any atom is -0.480 e. The summed E-state index contributed by atoms with van der Waals surface area (Å²) < 4.78 is 0. The van der Waals surface area contributed by atoms with Crippen molar-refractivity contribution in [2.24, 2.45) is 5.41 Å². The molecule has 0 aliphatic rings. The van der Waals surface area contributed by atoms with Gasteiger partial charge in [0.15, 0.2) is 0 Å². The van der Waals surface area contributed by atoms with Crippen LogP contribution in [0.1, 0.15) is 25.8 Å². The smallest absolute Gasteiger partial charge is 0.326 e. The molecule has 0 saturated heterocycles. The Kier molecular flexibility index (Phi) is 4.66. The number of thiazole rings is 1. The molecule has 100 valence electrons. The summed E-state index contributed by atoms with van der Waals surface area (Å²) >= 11 is 1.43. The summed E-state index contributed by atoms with van der Waals surface area (Å²) in [5.41, 5.74) is -0.551. The molecule has 0 aliphatic carbocycles. The average molecular weight is 271 g/mol. The van der Waals surface area contributed by atoms with Gasteiger partial charge in [0, 0.05) is 11.6 Å². The van der Waals surface area contributed by atoms with E-state index >= 15 is 0 Å². The minimum absolute atomic E-state index is 0.292. The molecular formula is C11H17N3O3S. The number of hydrogen-bond acceptors (Lipinski definition) is 4. The number of carboxylic acid groups (broad SMARTS) is 1. The Morgan fingerprint density at radius 2 is 2.17 bits per heavy atom. The van der Waals surface area contributed by atoms with Crippen LogP contribution in [-0.4, -0.2) is 28.1 Å². The summed E-state index contributed by atoms with van der Waals surface area (Å²) in [4.78, 5) is 26.7. The fraction of sp³-hybridized carbons (Fsp3) is 0.545. The fourth-order valence-corrected chi connectivity index (χ4v) is 1.88. The van der Waals surface area contributed by atoms with Crippen molar-refractivity contribution >= 4 is 23.3 Å². The lowest BCUT2D eigenvalue weighted by Gasteiger charge is -2.27. The monoisotopic (exact) mass is 271 g/mol. The number of urea groups is 1. The van der Waals surface area contributed by atoms with Gasteiger partial charge in [-0.1, -0.05) is 20.8 Å². The molecule has 2 amide bonds. The van der Waals surface area contributed by atoms with Crippen molar-refractivity contribution in [1.82, 2.24) is 15.6 Å². The Morgan fingerprint density at radius 1 is 1.50 bits per heavy atom. The van der Waals surface area contributed by atoms with Crippen LogP contribution < -0.4 is 10.6 Å². The second kappa shape index (κ2) is 5.81. The summed E-state index contributed by atoms with van der Waals surface area (Å²) in [5, 5.41) is 16.7. The number of aromatic nitrogens is 1. The maximum Gasteiger partial charge on any atom is 0.326 e. The van der Waals surface area contributed by atoms with Gasteiger partial charge in [0.2, 0.25) is 0 Å². The van der Waals surface area contributed by atoms with E-state index in [2.05, 4.69) is 15.6 Å². The highest BCUT2D eigenvalue weighted by Crippen LogP contribution is 2.19. The first-order valence-electron chi connectivity index (χ1n) is 5.46. The van der Waals surface area contributed by atoms with Crippen LogP contribution in [0.3, 0.4) is 0 Å². The lowest BCUT2D eigenvalue weighted by molar-refractivity contribution is -0.141. The molecule has 7 heteroatoms. The third-order valence-corrected chi connectivity index (χ3v) is 3.05. The van der Waals surface area contributed by atoms with E-state index in [0.717, 1.165) is 5.01 Å². The number of carboxylic acids is 1. The Hall–Kier alpha value is -1.63. The van der Waals surface area contributed by atoms with Crippen molar-refractivity contribution in [3.63, 3.8) is 0 Å². The largest absolute Gasteiger partial charge is 0.480 e. The predicted octanol–water partition coefficient (Wildman–Crippen LogP) is 1.44. The van der Waals surface area contributed by atoms with Crippen LogP contribution in [0.15, 0.2) is 11.6 Å². The molecule has 1 aromatic rings. The molecule has 3 N–H and O–H groups in total. The van der Waals surface area contributed by atoms with E-state index in [-0.39, 0.29) is 0 Å².